The van der Waals surface area contributed by atoms with Crippen LogP contribution in [0, 0.1) is 6.92 Å². The van der Waals surface area contributed by atoms with Crippen molar-refractivity contribution in [3.05, 3.63) is 35.0 Å². The van der Waals surface area contributed by atoms with Crippen molar-refractivity contribution in [2.24, 2.45) is 0 Å². The number of anilines is 1. The van der Waals surface area contributed by atoms with E-state index in [-0.39, 0.29) is 41.5 Å². The number of fused-ring (bicyclic) bond motifs is 1. The minimum absolute atomic E-state index is 0.0327. The van der Waals surface area contributed by atoms with Crippen LogP contribution in [0.5, 0.6) is 11.5 Å². The van der Waals surface area contributed by atoms with Gasteiger partial charge in [0.2, 0.25) is 5.91 Å². The van der Waals surface area contributed by atoms with Crippen molar-refractivity contribution >= 4 is 21.6 Å². The number of carbonyl (C=O) groups excluding carboxylic acids is 1. The maximum Gasteiger partial charge on any atom is 0.226 e. The molecule has 2 aliphatic heterocycles. The third-order valence-corrected chi connectivity index (χ3v) is 7.04. The number of sulfone groups is 1. The van der Waals surface area contributed by atoms with Gasteiger partial charge in [-0.15, -0.1) is 0 Å². The molecule has 0 saturated carbocycles. The number of phenols is 1. The Bertz CT molecular complexity index is 1030. The van der Waals surface area contributed by atoms with Gasteiger partial charge < -0.3 is 15.2 Å². The van der Waals surface area contributed by atoms with Crippen LogP contribution >= 0.6 is 0 Å². The van der Waals surface area contributed by atoms with Crippen LogP contribution in [-0.2, 0) is 14.6 Å². The Balaban J connectivity index is 1.80. The number of rotatable bonds is 3. The molecule has 2 aromatic rings. The molecule has 0 aliphatic carbocycles. The summed E-state index contributed by atoms with van der Waals surface area (Å²) in [5.74, 6) is 0.725. The first-order valence-corrected chi connectivity index (χ1v) is 10.6. The fourth-order valence-electron chi connectivity index (χ4n) is 4.00. The molecule has 1 aromatic carbocycles. The molecule has 1 aromatic heterocycles. The summed E-state index contributed by atoms with van der Waals surface area (Å²) in [6.07, 6.45) is 0.736. The first-order valence-electron chi connectivity index (χ1n) is 8.75. The standard InChI is InChI=1S/C18H21N3O5S/c1-10-17-13(11-3-4-14(22)15(7-11)26-2)8-16(23)19-18(17)21(20-10)12-5-6-27(24,25)9-12/h3-4,7,12-13,22H,5-6,8-9H2,1-2H3,(H,19,23). The van der Waals surface area contributed by atoms with E-state index in [1.165, 1.54) is 7.11 Å². The summed E-state index contributed by atoms with van der Waals surface area (Å²) < 4.78 is 30.6. The topological polar surface area (TPSA) is 111 Å². The van der Waals surface area contributed by atoms with E-state index in [0.29, 0.717) is 18.0 Å². The van der Waals surface area contributed by atoms with Gasteiger partial charge in [0, 0.05) is 17.9 Å². The number of phenolic OH excluding ortho intramolecular Hbond substituents is 1. The SMILES string of the molecule is COc1cc(C2CC(=O)Nc3c2c(C)nn3C2CCS(=O)(=O)C2)ccc1O. The molecule has 9 heteroatoms. The van der Waals surface area contributed by atoms with Crippen molar-refractivity contribution in [1.82, 2.24) is 9.78 Å². The van der Waals surface area contributed by atoms with Gasteiger partial charge in [0.25, 0.3) is 0 Å². The molecule has 0 spiro atoms. The fraction of sp³-hybridized carbons (Fsp3) is 0.444. The number of aryl methyl sites for hydroxylation is 1. The Kier molecular flexibility index (Phi) is 4.14. The van der Waals surface area contributed by atoms with Gasteiger partial charge in [-0.1, -0.05) is 6.07 Å². The number of methoxy groups -OCH3 is 1. The zero-order valence-electron chi connectivity index (χ0n) is 15.1. The third kappa shape index (κ3) is 3.05. The molecular formula is C18H21N3O5S. The van der Waals surface area contributed by atoms with Crippen LogP contribution in [0.15, 0.2) is 18.2 Å². The van der Waals surface area contributed by atoms with Gasteiger partial charge in [0.05, 0.1) is 30.4 Å². The van der Waals surface area contributed by atoms with Crippen LogP contribution in [0.1, 0.15) is 41.6 Å². The largest absolute Gasteiger partial charge is 0.504 e. The number of amides is 1. The molecule has 27 heavy (non-hydrogen) atoms. The summed E-state index contributed by atoms with van der Waals surface area (Å²) in [7, 11) is -1.60. The maximum absolute atomic E-state index is 12.4. The molecule has 4 rings (SSSR count). The van der Waals surface area contributed by atoms with Crippen LogP contribution in [0.2, 0.25) is 0 Å². The summed E-state index contributed by atoms with van der Waals surface area (Å²) in [5.41, 5.74) is 2.47. The second-order valence-electron chi connectivity index (χ2n) is 7.09. The van der Waals surface area contributed by atoms with Crippen molar-refractivity contribution in [2.75, 3.05) is 23.9 Å². The van der Waals surface area contributed by atoms with Gasteiger partial charge in [-0.25, -0.2) is 13.1 Å². The molecule has 2 atom stereocenters. The lowest BCUT2D eigenvalue weighted by atomic mass is 9.85. The smallest absolute Gasteiger partial charge is 0.226 e. The molecule has 0 bridgehead atoms. The number of hydrogen-bond donors (Lipinski definition) is 2. The number of nitrogens with zero attached hydrogens (tertiary/aromatic N) is 2. The molecule has 8 nitrogen and oxygen atoms in total. The van der Waals surface area contributed by atoms with Gasteiger partial charge in [-0.3, -0.25) is 4.79 Å². The summed E-state index contributed by atoms with van der Waals surface area (Å²) >= 11 is 0. The predicted octanol–water partition coefficient (Wildman–Crippen LogP) is 1.74. The van der Waals surface area contributed by atoms with Crippen molar-refractivity contribution in [2.45, 2.75) is 31.7 Å². The van der Waals surface area contributed by atoms with Gasteiger partial charge in [0.15, 0.2) is 21.3 Å². The monoisotopic (exact) mass is 391 g/mol. The number of benzene rings is 1. The molecule has 144 valence electrons. The number of nitrogens with one attached hydrogen (secondary N) is 1. The summed E-state index contributed by atoms with van der Waals surface area (Å²) in [5, 5.41) is 17.3. The van der Waals surface area contributed by atoms with Crippen molar-refractivity contribution in [3.8, 4) is 11.5 Å². The van der Waals surface area contributed by atoms with E-state index in [4.69, 9.17) is 4.74 Å². The molecule has 2 N–H and O–H groups in total. The Morgan fingerprint density at radius 1 is 1.37 bits per heavy atom. The summed E-state index contributed by atoms with van der Waals surface area (Å²) in [6, 6.07) is 4.76. The highest BCUT2D eigenvalue weighted by atomic mass is 32.2. The van der Waals surface area contributed by atoms with Crippen LogP contribution in [0.25, 0.3) is 0 Å². The van der Waals surface area contributed by atoms with Crippen LogP contribution < -0.4 is 10.1 Å². The van der Waals surface area contributed by atoms with Gasteiger partial charge >= 0.3 is 0 Å². The lowest BCUT2D eigenvalue weighted by molar-refractivity contribution is -0.116. The fourth-order valence-corrected chi connectivity index (χ4v) is 5.69. The number of aromatic hydroxyl groups is 1. The molecule has 1 saturated heterocycles. The van der Waals surface area contributed by atoms with Crippen molar-refractivity contribution < 1.29 is 23.1 Å². The van der Waals surface area contributed by atoms with E-state index in [1.54, 1.807) is 22.9 Å². The lowest BCUT2D eigenvalue weighted by Crippen LogP contribution is -2.26. The van der Waals surface area contributed by atoms with Crippen molar-refractivity contribution in [1.29, 1.82) is 0 Å². The highest BCUT2D eigenvalue weighted by Crippen LogP contribution is 2.43. The number of hydrogen-bond acceptors (Lipinski definition) is 6. The van der Waals surface area contributed by atoms with Crippen LogP contribution in [0.4, 0.5) is 5.82 Å². The number of carbonyl (C=O) groups is 1. The van der Waals surface area contributed by atoms with Crippen LogP contribution in [-0.4, -0.2) is 47.8 Å². The normalized spacial score (nSPS) is 23.7. The van der Waals surface area contributed by atoms with E-state index >= 15 is 0 Å². The lowest BCUT2D eigenvalue weighted by Gasteiger charge is -2.25. The highest BCUT2D eigenvalue weighted by Gasteiger charge is 2.37. The van der Waals surface area contributed by atoms with Gasteiger partial charge in [-0.2, -0.15) is 5.10 Å². The molecule has 0 radical (unpaired) electrons. The first kappa shape index (κ1) is 17.8. The van der Waals surface area contributed by atoms with E-state index in [9.17, 15) is 18.3 Å². The van der Waals surface area contributed by atoms with Gasteiger partial charge in [-0.05, 0) is 31.0 Å². The predicted molar refractivity (Wildman–Crippen MR) is 99.0 cm³/mol. The second-order valence-corrected chi connectivity index (χ2v) is 9.31. The Hall–Kier alpha value is -2.55. The van der Waals surface area contributed by atoms with Crippen LogP contribution in [0.3, 0.4) is 0 Å². The zero-order valence-corrected chi connectivity index (χ0v) is 15.9. The van der Waals surface area contributed by atoms with E-state index in [0.717, 1.165) is 16.8 Å². The first-order chi connectivity index (χ1) is 12.8. The second kappa shape index (κ2) is 6.26. The van der Waals surface area contributed by atoms with Gasteiger partial charge in [0.1, 0.15) is 5.82 Å². The average Bonchev–Trinajstić information content (AvgIpc) is 3.14. The Labute approximate surface area is 157 Å². The molecule has 1 amide bonds. The van der Waals surface area contributed by atoms with Crippen molar-refractivity contribution in [3.63, 3.8) is 0 Å². The number of ether oxygens (including phenoxy) is 1. The molecule has 2 unspecified atom stereocenters. The molecule has 3 heterocycles. The Morgan fingerprint density at radius 2 is 2.15 bits per heavy atom. The number of aromatic nitrogens is 2. The minimum Gasteiger partial charge on any atom is -0.504 e. The summed E-state index contributed by atoms with van der Waals surface area (Å²) in [6.45, 7) is 1.86. The molecular weight excluding hydrogens is 370 g/mol. The average molecular weight is 391 g/mol. The quantitative estimate of drug-likeness (QED) is 0.825. The zero-order chi connectivity index (χ0) is 19.3. The third-order valence-electron chi connectivity index (χ3n) is 5.29. The van der Waals surface area contributed by atoms with E-state index < -0.39 is 9.84 Å². The van der Waals surface area contributed by atoms with E-state index in [1.807, 2.05) is 6.92 Å². The molecule has 2 aliphatic rings. The summed E-state index contributed by atoms with van der Waals surface area (Å²) in [4.78, 5) is 12.4. The molecule has 1 fully saturated rings. The van der Waals surface area contributed by atoms with E-state index in [2.05, 4.69) is 10.4 Å². The maximum atomic E-state index is 12.4. The highest BCUT2D eigenvalue weighted by molar-refractivity contribution is 7.91. The minimum atomic E-state index is -3.07. The Morgan fingerprint density at radius 3 is 2.81 bits per heavy atom.